The molecule has 1 aromatic carbocycles. The first-order valence-corrected chi connectivity index (χ1v) is 12.0. The number of benzene rings is 1. The van der Waals surface area contributed by atoms with Gasteiger partial charge in [0.15, 0.2) is 5.82 Å². The minimum absolute atomic E-state index is 0.0186. The van der Waals surface area contributed by atoms with E-state index >= 15 is 0 Å². The van der Waals surface area contributed by atoms with Crippen LogP contribution in [-0.4, -0.2) is 63.5 Å². The SMILES string of the molecule is CC1c2[nH]nc(NC(=O)c3cc(Cl)cc(Cl)c3)c2CC1C(=O)N1C[C@@H]2CCCN2C[C@@H]1C. The normalized spacial score (nSPS) is 27.3. The van der Waals surface area contributed by atoms with E-state index < -0.39 is 0 Å². The summed E-state index contributed by atoms with van der Waals surface area (Å²) in [6.45, 7) is 7.12. The van der Waals surface area contributed by atoms with Crippen LogP contribution in [0.4, 0.5) is 5.82 Å². The second-order valence-corrected chi connectivity index (χ2v) is 10.2. The van der Waals surface area contributed by atoms with Gasteiger partial charge in [-0.05, 0) is 50.9 Å². The van der Waals surface area contributed by atoms with Gasteiger partial charge in [-0.3, -0.25) is 19.6 Å². The third-order valence-electron chi connectivity index (χ3n) is 7.28. The van der Waals surface area contributed by atoms with Crippen molar-refractivity contribution < 1.29 is 9.59 Å². The Morgan fingerprint density at radius 2 is 1.91 bits per heavy atom. The Kier molecular flexibility index (Phi) is 5.68. The van der Waals surface area contributed by atoms with Crippen molar-refractivity contribution in [2.45, 2.75) is 51.1 Å². The maximum atomic E-state index is 13.6. The van der Waals surface area contributed by atoms with Crippen LogP contribution < -0.4 is 5.32 Å². The fourth-order valence-corrected chi connectivity index (χ4v) is 6.06. The number of nitrogens with zero attached hydrogens (tertiary/aromatic N) is 3. The van der Waals surface area contributed by atoms with Gasteiger partial charge < -0.3 is 10.2 Å². The molecular weight excluding hydrogens is 449 g/mol. The van der Waals surface area contributed by atoms with Crippen molar-refractivity contribution in [3.8, 4) is 0 Å². The molecule has 0 radical (unpaired) electrons. The highest BCUT2D eigenvalue weighted by molar-refractivity contribution is 6.35. The third kappa shape index (κ3) is 3.80. The summed E-state index contributed by atoms with van der Waals surface area (Å²) < 4.78 is 0. The number of carbonyl (C=O) groups is 2. The number of carbonyl (C=O) groups excluding carboxylic acids is 2. The number of H-pyrrole nitrogens is 1. The van der Waals surface area contributed by atoms with Gasteiger partial charge in [-0.15, -0.1) is 0 Å². The van der Waals surface area contributed by atoms with Gasteiger partial charge in [0.05, 0.1) is 5.92 Å². The molecule has 2 amide bonds. The number of nitrogens with one attached hydrogen (secondary N) is 2. The van der Waals surface area contributed by atoms with E-state index in [9.17, 15) is 9.59 Å². The largest absolute Gasteiger partial charge is 0.337 e. The lowest BCUT2D eigenvalue weighted by atomic mass is 9.93. The third-order valence-corrected chi connectivity index (χ3v) is 7.71. The molecular formula is C23H27Cl2N5O2. The van der Waals surface area contributed by atoms with Crippen LogP contribution in [0.25, 0.3) is 0 Å². The van der Waals surface area contributed by atoms with Crippen LogP contribution in [0, 0.1) is 5.92 Å². The van der Waals surface area contributed by atoms with Crippen molar-refractivity contribution in [1.82, 2.24) is 20.0 Å². The number of hydrogen-bond acceptors (Lipinski definition) is 4. The number of halogens is 2. The Balaban J connectivity index is 1.31. The first-order chi connectivity index (χ1) is 15.3. The zero-order chi connectivity index (χ0) is 22.6. The van der Waals surface area contributed by atoms with Crippen molar-refractivity contribution >= 4 is 40.8 Å². The van der Waals surface area contributed by atoms with Gasteiger partial charge in [-0.1, -0.05) is 30.1 Å². The van der Waals surface area contributed by atoms with Crippen LogP contribution in [0.1, 0.15) is 54.2 Å². The van der Waals surface area contributed by atoms with Gasteiger partial charge in [-0.2, -0.15) is 5.10 Å². The fourth-order valence-electron chi connectivity index (χ4n) is 5.54. The number of anilines is 1. The smallest absolute Gasteiger partial charge is 0.256 e. The molecule has 5 rings (SSSR count). The predicted octanol–water partition coefficient (Wildman–Crippen LogP) is 3.94. The van der Waals surface area contributed by atoms with E-state index in [1.807, 2.05) is 0 Å². The number of rotatable bonds is 3. The van der Waals surface area contributed by atoms with E-state index in [1.165, 1.54) is 12.8 Å². The topological polar surface area (TPSA) is 81.3 Å². The van der Waals surface area contributed by atoms with Gasteiger partial charge in [0, 0.05) is 58.0 Å². The van der Waals surface area contributed by atoms with E-state index in [2.05, 4.69) is 39.2 Å². The lowest BCUT2D eigenvalue weighted by Gasteiger charge is -2.43. The zero-order valence-corrected chi connectivity index (χ0v) is 19.7. The average molecular weight is 476 g/mol. The second kappa shape index (κ2) is 8.36. The maximum absolute atomic E-state index is 13.6. The van der Waals surface area contributed by atoms with E-state index in [0.29, 0.717) is 33.9 Å². The molecule has 2 N–H and O–H groups in total. The van der Waals surface area contributed by atoms with Crippen LogP contribution in [0.15, 0.2) is 18.2 Å². The van der Waals surface area contributed by atoms with Gasteiger partial charge in [0.25, 0.3) is 5.91 Å². The van der Waals surface area contributed by atoms with Gasteiger partial charge in [0.1, 0.15) is 0 Å². The molecule has 4 atom stereocenters. The van der Waals surface area contributed by atoms with E-state index in [-0.39, 0.29) is 29.7 Å². The molecule has 7 nitrogen and oxygen atoms in total. The highest BCUT2D eigenvalue weighted by Gasteiger charge is 2.44. The number of amides is 2. The molecule has 1 aliphatic carbocycles. The Labute approximate surface area is 197 Å². The summed E-state index contributed by atoms with van der Waals surface area (Å²) in [6.07, 6.45) is 2.95. The first kappa shape index (κ1) is 21.7. The first-order valence-electron chi connectivity index (χ1n) is 11.2. The molecule has 0 bridgehead atoms. The molecule has 2 aliphatic heterocycles. The van der Waals surface area contributed by atoms with Crippen molar-refractivity contribution in [1.29, 1.82) is 0 Å². The summed E-state index contributed by atoms with van der Waals surface area (Å²) in [6, 6.07) is 5.42. The van der Waals surface area contributed by atoms with Gasteiger partial charge in [0.2, 0.25) is 5.91 Å². The second-order valence-electron chi connectivity index (χ2n) is 9.31. The van der Waals surface area contributed by atoms with Gasteiger partial charge in [-0.25, -0.2) is 0 Å². The summed E-state index contributed by atoms with van der Waals surface area (Å²) in [4.78, 5) is 30.9. The number of aromatic nitrogens is 2. The molecule has 170 valence electrons. The van der Waals surface area contributed by atoms with Crippen molar-refractivity contribution in [3.63, 3.8) is 0 Å². The molecule has 2 aromatic rings. The molecule has 2 unspecified atom stereocenters. The van der Waals surface area contributed by atoms with E-state index in [1.54, 1.807) is 18.2 Å². The summed E-state index contributed by atoms with van der Waals surface area (Å²) in [5, 5.41) is 11.0. The van der Waals surface area contributed by atoms with Crippen LogP contribution in [0.2, 0.25) is 10.0 Å². The maximum Gasteiger partial charge on any atom is 0.256 e. The molecule has 3 aliphatic rings. The summed E-state index contributed by atoms with van der Waals surface area (Å²) in [7, 11) is 0. The Morgan fingerprint density at radius 3 is 2.66 bits per heavy atom. The molecule has 3 heterocycles. The summed E-state index contributed by atoms with van der Waals surface area (Å²) >= 11 is 12.1. The quantitative estimate of drug-likeness (QED) is 0.704. The minimum atomic E-state index is -0.336. The molecule has 2 saturated heterocycles. The lowest BCUT2D eigenvalue weighted by Crippen LogP contribution is -2.58. The van der Waals surface area contributed by atoms with Crippen molar-refractivity contribution in [2.24, 2.45) is 5.92 Å². The standard InChI is InChI=1S/C23H27Cl2N5O2/c1-12-10-29-5-3-4-17(29)11-30(12)23(32)18-9-19-20(13(18)2)27-28-21(19)26-22(31)14-6-15(24)8-16(25)7-14/h6-8,12-13,17-18H,3-5,9-11H2,1-2H3,(H2,26,27,28,31)/t12-,13?,17-,18?/m0/s1. The van der Waals surface area contributed by atoms with Gasteiger partial charge >= 0.3 is 0 Å². The number of piperazine rings is 1. The van der Waals surface area contributed by atoms with E-state index in [0.717, 1.165) is 30.9 Å². The van der Waals surface area contributed by atoms with Crippen LogP contribution in [-0.2, 0) is 11.2 Å². The number of hydrogen-bond donors (Lipinski definition) is 2. The average Bonchev–Trinajstić information content (AvgIpc) is 3.43. The Morgan fingerprint density at radius 1 is 1.16 bits per heavy atom. The zero-order valence-electron chi connectivity index (χ0n) is 18.2. The number of aromatic amines is 1. The summed E-state index contributed by atoms with van der Waals surface area (Å²) in [5.74, 6) is 0.213. The van der Waals surface area contributed by atoms with Crippen LogP contribution in [0.5, 0.6) is 0 Å². The van der Waals surface area contributed by atoms with Crippen LogP contribution >= 0.6 is 23.2 Å². The minimum Gasteiger partial charge on any atom is -0.337 e. The monoisotopic (exact) mass is 475 g/mol. The predicted molar refractivity (Wildman–Crippen MR) is 124 cm³/mol. The van der Waals surface area contributed by atoms with Crippen LogP contribution in [0.3, 0.4) is 0 Å². The Bertz CT molecular complexity index is 1050. The highest BCUT2D eigenvalue weighted by atomic mass is 35.5. The lowest BCUT2D eigenvalue weighted by molar-refractivity contribution is -0.141. The molecule has 0 spiro atoms. The molecule has 9 heteroatoms. The molecule has 1 aromatic heterocycles. The van der Waals surface area contributed by atoms with Crippen molar-refractivity contribution in [2.75, 3.05) is 25.0 Å². The fraction of sp³-hybridized carbons (Fsp3) is 0.522. The molecule has 2 fully saturated rings. The van der Waals surface area contributed by atoms with Crippen molar-refractivity contribution in [3.05, 3.63) is 45.1 Å². The number of fused-ring (bicyclic) bond motifs is 2. The molecule has 32 heavy (non-hydrogen) atoms. The highest BCUT2D eigenvalue weighted by Crippen LogP contribution is 2.41. The van der Waals surface area contributed by atoms with E-state index in [4.69, 9.17) is 23.2 Å². The summed E-state index contributed by atoms with van der Waals surface area (Å²) in [5.41, 5.74) is 2.19. The Hall–Kier alpha value is -2.09. The molecule has 0 saturated carbocycles.